The van der Waals surface area contributed by atoms with Gasteiger partial charge in [0.05, 0.1) is 45.3 Å². The molecule has 0 radical (unpaired) electrons. The van der Waals surface area contributed by atoms with Crippen molar-refractivity contribution in [2.24, 2.45) is 0 Å². The van der Waals surface area contributed by atoms with Crippen LogP contribution in [-0.2, 0) is 4.79 Å². The van der Waals surface area contributed by atoms with Crippen LogP contribution in [0.2, 0.25) is 5.02 Å². The molecule has 2 saturated heterocycles. The molecule has 2 atom stereocenters. The zero-order valence-electron chi connectivity index (χ0n) is 16.8. The molecule has 2 aromatic rings. The average Bonchev–Trinajstić information content (AvgIpc) is 2.67. The maximum atomic E-state index is 13.7. The van der Waals surface area contributed by atoms with E-state index >= 15 is 0 Å². The molecular formula is C19H21ClI2N6O2. The van der Waals surface area contributed by atoms with Gasteiger partial charge in [-0.05, 0) is 27.0 Å². The molecule has 11 heteroatoms. The summed E-state index contributed by atoms with van der Waals surface area (Å²) >= 11 is 10.8. The van der Waals surface area contributed by atoms with Crippen LogP contribution in [0, 0.1) is 6.92 Å². The second kappa shape index (κ2) is 7.42. The van der Waals surface area contributed by atoms with Crippen molar-refractivity contribution in [2.75, 3.05) is 43.0 Å². The van der Waals surface area contributed by atoms with Crippen LogP contribution in [0.15, 0.2) is 10.9 Å². The first-order valence-corrected chi connectivity index (χ1v) is 12.1. The van der Waals surface area contributed by atoms with Gasteiger partial charge in [-0.2, -0.15) is 0 Å². The van der Waals surface area contributed by atoms with Gasteiger partial charge in [0.1, 0.15) is 11.7 Å². The number of hydrogen-bond acceptors (Lipinski definition) is 6. The van der Waals surface area contributed by atoms with Gasteiger partial charge in [0, 0.05) is 60.5 Å². The molecule has 2 unspecified atom stereocenters. The molecule has 5 heterocycles. The molecule has 3 aliphatic rings. The van der Waals surface area contributed by atoms with Crippen LogP contribution in [0.5, 0.6) is 0 Å². The number of aromatic nitrogens is 2. The van der Waals surface area contributed by atoms with E-state index in [2.05, 4.69) is 47.7 Å². The SMILES string of the molecule is Cc1nc2c(cc1Cl)c1c(c(=O)n2I)N(C2CN(C)C2)C(=O)C2CN(I)C(C)CN12. The number of amides is 1. The lowest BCUT2D eigenvalue weighted by molar-refractivity contribution is -0.122. The molecule has 3 aliphatic heterocycles. The summed E-state index contributed by atoms with van der Waals surface area (Å²) in [6.07, 6.45) is 0. The molecule has 0 saturated carbocycles. The van der Waals surface area contributed by atoms with Crippen LogP contribution in [-0.4, -0.2) is 73.0 Å². The van der Waals surface area contributed by atoms with Crippen molar-refractivity contribution >= 4 is 85.6 Å². The van der Waals surface area contributed by atoms with Crippen molar-refractivity contribution < 1.29 is 4.79 Å². The zero-order chi connectivity index (χ0) is 21.5. The molecule has 2 aromatic heterocycles. The van der Waals surface area contributed by atoms with Gasteiger partial charge in [0.2, 0.25) is 0 Å². The third-order valence-electron chi connectivity index (χ3n) is 6.30. The van der Waals surface area contributed by atoms with Gasteiger partial charge in [0.25, 0.3) is 11.5 Å². The van der Waals surface area contributed by atoms with Crippen molar-refractivity contribution in [2.45, 2.75) is 32.0 Å². The number of anilines is 2. The van der Waals surface area contributed by atoms with Gasteiger partial charge in [-0.25, -0.2) is 10.9 Å². The number of likely N-dealkylation sites (N-methyl/N-ethyl adjacent to an activating group) is 1. The fourth-order valence-corrected chi connectivity index (χ4v) is 5.98. The van der Waals surface area contributed by atoms with Crippen LogP contribution in [0.25, 0.3) is 11.0 Å². The van der Waals surface area contributed by atoms with Gasteiger partial charge >= 0.3 is 0 Å². The maximum absolute atomic E-state index is 13.7. The van der Waals surface area contributed by atoms with Gasteiger partial charge < -0.3 is 9.80 Å². The predicted molar refractivity (Wildman–Crippen MR) is 135 cm³/mol. The second-order valence-corrected chi connectivity index (χ2v) is 11.0. The molecule has 1 amide bonds. The fourth-order valence-electron chi connectivity index (χ4n) is 4.68. The van der Waals surface area contributed by atoms with Crippen LogP contribution in [0.1, 0.15) is 12.6 Å². The molecule has 0 N–H and O–H groups in total. The van der Waals surface area contributed by atoms with Crippen molar-refractivity contribution in [1.29, 1.82) is 0 Å². The summed E-state index contributed by atoms with van der Waals surface area (Å²) in [5.74, 6) is 0.00758. The molecule has 160 valence electrons. The van der Waals surface area contributed by atoms with E-state index in [1.54, 1.807) is 4.90 Å². The van der Waals surface area contributed by atoms with Crippen molar-refractivity contribution in [1.82, 2.24) is 15.8 Å². The number of halogens is 3. The van der Waals surface area contributed by atoms with Crippen LogP contribution in [0.3, 0.4) is 0 Å². The first kappa shape index (κ1) is 21.2. The highest BCUT2D eigenvalue weighted by Crippen LogP contribution is 2.44. The Bertz CT molecular complexity index is 1130. The van der Waals surface area contributed by atoms with E-state index in [4.69, 9.17) is 11.6 Å². The minimum absolute atomic E-state index is 0.000778. The number of fused-ring (bicyclic) bond motifs is 5. The molecule has 0 spiro atoms. The molecule has 0 aliphatic carbocycles. The summed E-state index contributed by atoms with van der Waals surface area (Å²) in [4.78, 5) is 37.9. The summed E-state index contributed by atoms with van der Waals surface area (Å²) in [5.41, 5.74) is 2.34. The predicted octanol–water partition coefficient (Wildman–Crippen LogP) is 2.45. The molecule has 0 aromatic carbocycles. The largest absolute Gasteiger partial charge is 0.354 e. The number of nitrogens with zero attached hydrogens (tertiary/aromatic N) is 6. The van der Waals surface area contributed by atoms with Gasteiger partial charge in [-0.15, -0.1) is 0 Å². The lowest BCUT2D eigenvalue weighted by atomic mass is 9.97. The number of hydrogen-bond donors (Lipinski definition) is 0. The van der Waals surface area contributed by atoms with Gasteiger partial charge in [-0.3, -0.25) is 14.5 Å². The standard InChI is InChI=1S/C19H21ClI2N6O2/c1-9-5-25-14(8-26(9)21)18(29)27(11-6-24(3)7-11)16-15(25)12-4-13(20)10(2)23-17(12)28(22)19(16)30/h4,9,11,14H,5-8H2,1-3H3. The summed E-state index contributed by atoms with van der Waals surface area (Å²) in [6, 6.07) is 1.81. The first-order valence-electron chi connectivity index (χ1n) is 9.81. The lowest BCUT2D eigenvalue weighted by Crippen LogP contribution is -2.69. The molecule has 8 nitrogen and oxygen atoms in total. The van der Waals surface area contributed by atoms with E-state index in [0.29, 0.717) is 35.1 Å². The van der Waals surface area contributed by atoms with E-state index < -0.39 is 0 Å². The monoisotopic (exact) mass is 654 g/mol. The molecular weight excluding hydrogens is 634 g/mol. The van der Waals surface area contributed by atoms with E-state index in [0.717, 1.165) is 24.2 Å². The van der Waals surface area contributed by atoms with E-state index in [9.17, 15) is 9.59 Å². The number of aryl methyl sites for hydroxylation is 1. The summed E-state index contributed by atoms with van der Waals surface area (Å²) in [5, 5.41) is 1.38. The summed E-state index contributed by atoms with van der Waals surface area (Å²) < 4.78 is 3.71. The highest BCUT2D eigenvalue weighted by Gasteiger charge is 2.49. The Hall–Kier alpha value is -0.700. The summed E-state index contributed by atoms with van der Waals surface area (Å²) in [6.45, 7) is 6.76. The Morgan fingerprint density at radius 2 is 1.83 bits per heavy atom. The van der Waals surface area contributed by atoms with Gasteiger partial charge in [0.15, 0.2) is 5.65 Å². The summed E-state index contributed by atoms with van der Waals surface area (Å²) in [7, 11) is 2.02. The Morgan fingerprint density at radius 3 is 2.50 bits per heavy atom. The minimum atomic E-state index is -0.329. The van der Waals surface area contributed by atoms with E-state index in [1.807, 2.05) is 42.9 Å². The highest BCUT2D eigenvalue weighted by atomic mass is 127. The Morgan fingerprint density at radius 1 is 1.13 bits per heavy atom. The van der Waals surface area contributed by atoms with Crippen LogP contribution < -0.4 is 15.4 Å². The number of likely N-dealkylation sites (tertiary alicyclic amines) is 1. The van der Waals surface area contributed by atoms with Crippen LogP contribution >= 0.6 is 57.3 Å². The Labute approximate surface area is 207 Å². The van der Waals surface area contributed by atoms with Crippen LogP contribution in [0.4, 0.5) is 11.4 Å². The third-order valence-corrected chi connectivity index (χ3v) is 8.92. The van der Waals surface area contributed by atoms with Crippen molar-refractivity contribution in [3.8, 4) is 0 Å². The first-order chi connectivity index (χ1) is 14.2. The number of carbonyl (C=O) groups is 1. The van der Waals surface area contributed by atoms with Crippen molar-refractivity contribution in [3.05, 3.63) is 27.1 Å². The minimum Gasteiger partial charge on any atom is -0.354 e. The molecule has 2 fully saturated rings. The number of pyridine rings is 2. The highest BCUT2D eigenvalue weighted by molar-refractivity contribution is 14.1. The quantitative estimate of drug-likeness (QED) is 0.348. The van der Waals surface area contributed by atoms with Gasteiger partial charge in [-0.1, -0.05) is 11.6 Å². The smallest absolute Gasteiger partial charge is 0.287 e. The van der Waals surface area contributed by atoms with E-state index in [1.165, 1.54) is 2.78 Å². The number of carbonyl (C=O) groups excluding carboxylic acids is 1. The lowest BCUT2D eigenvalue weighted by Gasteiger charge is -2.53. The Balaban J connectivity index is 1.83. The number of piperazine rings is 1. The average molecular weight is 655 g/mol. The van der Waals surface area contributed by atoms with E-state index in [-0.39, 0.29) is 29.6 Å². The Kier molecular flexibility index (Phi) is 5.24. The molecule has 30 heavy (non-hydrogen) atoms. The maximum Gasteiger partial charge on any atom is 0.287 e. The third kappa shape index (κ3) is 3.00. The fraction of sp³-hybridized carbons (Fsp3) is 0.526. The molecule has 0 bridgehead atoms. The van der Waals surface area contributed by atoms with Crippen molar-refractivity contribution in [3.63, 3.8) is 0 Å². The second-order valence-electron chi connectivity index (χ2n) is 8.39. The normalized spacial score (nSPS) is 25.5. The topological polar surface area (TPSA) is 64.9 Å². The number of rotatable bonds is 1. The molecule has 5 rings (SSSR count). The zero-order valence-corrected chi connectivity index (χ0v) is 21.8.